The fourth-order valence-electron chi connectivity index (χ4n) is 1.32. The minimum Gasteiger partial charge on any atom is -0.420 e. The van der Waals surface area contributed by atoms with Crippen LogP contribution in [0.4, 0.5) is 0 Å². The highest BCUT2D eigenvalue weighted by molar-refractivity contribution is 5.89. The summed E-state index contributed by atoms with van der Waals surface area (Å²) in [5.74, 6) is -0.0538. The van der Waals surface area contributed by atoms with Gasteiger partial charge in [-0.1, -0.05) is 0 Å². The average molecular weight is 167 g/mol. The van der Waals surface area contributed by atoms with Crippen molar-refractivity contribution in [3.63, 3.8) is 0 Å². The lowest BCUT2D eigenvalue weighted by atomic mass is 10.4. The van der Waals surface area contributed by atoms with E-state index in [9.17, 15) is 4.79 Å². The molecule has 0 radical (unpaired) electrons. The van der Waals surface area contributed by atoms with Crippen molar-refractivity contribution < 1.29 is 9.21 Å². The molecule has 1 aliphatic heterocycles. The maximum atomic E-state index is 11.4. The van der Waals surface area contributed by atoms with Crippen LogP contribution in [0.15, 0.2) is 10.8 Å². The summed E-state index contributed by atoms with van der Waals surface area (Å²) >= 11 is 0. The number of likely N-dealkylation sites (tertiary alicyclic amines) is 1. The van der Waals surface area contributed by atoms with Gasteiger partial charge in [-0.2, -0.15) is 0 Å². The summed E-state index contributed by atoms with van der Waals surface area (Å²) in [6.45, 7) is 1.61. The third-order valence-electron chi connectivity index (χ3n) is 1.94. The third kappa shape index (κ3) is 1.17. The second kappa shape index (κ2) is 2.92. The van der Waals surface area contributed by atoms with Crippen molar-refractivity contribution in [3.8, 4) is 0 Å². The van der Waals surface area contributed by atoms with Crippen molar-refractivity contribution in [2.75, 3.05) is 13.1 Å². The van der Waals surface area contributed by atoms with Crippen LogP contribution in [0, 0.1) is 0 Å². The van der Waals surface area contributed by atoms with Crippen molar-refractivity contribution in [3.05, 3.63) is 12.3 Å². The van der Waals surface area contributed by atoms with Crippen molar-refractivity contribution in [1.82, 2.24) is 15.1 Å². The van der Waals surface area contributed by atoms with Crippen LogP contribution in [0.1, 0.15) is 23.5 Å². The van der Waals surface area contributed by atoms with Crippen LogP contribution in [-0.4, -0.2) is 34.1 Å². The van der Waals surface area contributed by atoms with Gasteiger partial charge in [0, 0.05) is 13.1 Å². The standard InChI is InChI=1S/C7H9N3O2/c11-7(6-9-8-5-12-6)10-3-1-2-4-10/h5H,1-4H2. The van der Waals surface area contributed by atoms with Crippen molar-refractivity contribution in [2.24, 2.45) is 0 Å². The molecule has 0 aliphatic carbocycles. The number of nitrogens with zero attached hydrogens (tertiary/aromatic N) is 3. The Morgan fingerprint density at radius 3 is 2.83 bits per heavy atom. The van der Waals surface area contributed by atoms with Crippen LogP contribution < -0.4 is 0 Å². The van der Waals surface area contributed by atoms with Crippen molar-refractivity contribution >= 4 is 5.91 Å². The van der Waals surface area contributed by atoms with E-state index in [1.807, 2.05) is 0 Å². The fourth-order valence-corrected chi connectivity index (χ4v) is 1.32. The zero-order chi connectivity index (χ0) is 8.39. The number of hydrogen-bond donors (Lipinski definition) is 0. The normalized spacial score (nSPS) is 16.8. The highest BCUT2D eigenvalue weighted by Gasteiger charge is 2.22. The van der Waals surface area contributed by atoms with Gasteiger partial charge in [0.1, 0.15) is 0 Å². The van der Waals surface area contributed by atoms with E-state index in [0.29, 0.717) is 0 Å². The fraction of sp³-hybridized carbons (Fsp3) is 0.571. The minimum atomic E-state index is -0.148. The van der Waals surface area contributed by atoms with Gasteiger partial charge in [0.05, 0.1) is 0 Å². The molecule has 12 heavy (non-hydrogen) atoms. The number of hydrogen-bond acceptors (Lipinski definition) is 4. The van der Waals surface area contributed by atoms with E-state index < -0.39 is 0 Å². The smallest absolute Gasteiger partial charge is 0.311 e. The first kappa shape index (κ1) is 7.27. The molecule has 0 saturated carbocycles. The Hall–Kier alpha value is -1.39. The van der Waals surface area contributed by atoms with Crippen LogP contribution in [0.5, 0.6) is 0 Å². The first-order valence-corrected chi connectivity index (χ1v) is 3.93. The zero-order valence-electron chi connectivity index (χ0n) is 6.56. The zero-order valence-corrected chi connectivity index (χ0v) is 6.56. The van der Waals surface area contributed by atoms with Gasteiger partial charge in [0.25, 0.3) is 0 Å². The van der Waals surface area contributed by atoms with E-state index in [4.69, 9.17) is 4.42 Å². The van der Waals surface area contributed by atoms with Crippen LogP contribution in [0.2, 0.25) is 0 Å². The van der Waals surface area contributed by atoms with Gasteiger partial charge in [-0.15, -0.1) is 10.2 Å². The van der Waals surface area contributed by atoms with E-state index in [1.165, 1.54) is 6.39 Å². The predicted octanol–water partition coefficient (Wildman–Crippen LogP) is 0.306. The van der Waals surface area contributed by atoms with E-state index in [-0.39, 0.29) is 11.8 Å². The molecule has 1 fully saturated rings. The van der Waals surface area contributed by atoms with Crippen LogP contribution >= 0.6 is 0 Å². The number of amides is 1. The minimum absolute atomic E-state index is 0.0944. The summed E-state index contributed by atoms with van der Waals surface area (Å²) in [4.78, 5) is 13.2. The lowest BCUT2D eigenvalue weighted by molar-refractivity contribution is 0.0753. The monoisotopic (exact) mass is 167 g/mol. The Morgan fingerprint density at radius 2 is 2.25 bits per heavy atom. The quantitative estimate of drug-likeness (QED) is 0.603. The Morgan fingerprint density at radius 1 is 1.50 bits per heavy atom. The van der Waals surface area contributed by atoms with Gasteiger partial charge >= 0.3 is 11.8 Å². The maximum absolute atomic E-state index is 11.4. The van der Waals surface area contributed by atoms with Crippen LogP contribution in [0.25, 0.3) is 0 Å². The SMILES string of the molecule is O=C(c1nnco1)N1CCCC1. The lowest BCUT2D eigenvalue weighted by Crippen LogP contribution is -2.27. The molecule has 2 rings (SSSR count). The summed E-state index contributed by atoms with van der Waals surface area (Å²) in [5.41, 5.74) is 0. The Bertz CT molecular complexity index is 264. The van der Waals surface area contributed by atoms with Gasteiger partial charge in [-0.25, -0.2) is 0 Å². The largest absolute Gasteiger partial charge is 0.420 e. The van der Waals surface area contributed by atoms with Gasteiger partial charge in [-0.05, 0) is 12.8 Å². The number of carbonyl (C=O) groups is 1. The second-order valence-electron chi connectivity index (χ2n) is 2.74. The highest BCUT2D eigenvalue weighted by Crippen LogP contribution is 2.10. The summed E-state index contributed by atoms with van der Waals surface area (Å²) < 4.78 is 4.79. The molecule has 0 aromatic carbocycles. The molecule has 0 spiro atoms. The van der Waals surface area contributed by atoms with E-state index in [1.54, 1.807) is 4.90 Å². The van der Waals surface area contributed by atoms with Gasteiger partial charge in [0.2, 0.25) is 6.39 Å². The van der Waals surface area contributed by atoms with Gasteiger partial charge < -0.3 is 9.32 Å². The Labute approximate surface area is 69.4 Å². The maximum Gasteiger partial charge on any atom is 0.311 e. The predicted molar refractivity (Wildman–Crippen MR) is 39.4 cm³/mol. The summed E-state index contributed by atoms with van der Waals surface area (Å²) in [5, 5.41) is 7.00. The third-order valence-corrected chi connectivity index (χ3v) is 1.94. The molecule has 2 heterocycles. The molecular formula is C7H9N3O2. The van der Waals surface area contributed by atoms with Crippen molar-refractivity contribution in [1.29, 1.82) is 0 Å². The Balaban J connectivity index is 2.09. The first-order valence-electron chi connectivity index (χ1n) is 3.93. The molecule has 5 heteroatoms. The molecule has 1 saturated heterocycles. The van der Waals surface area contributed by atoms with Crippen LogP contribution in [0.3, 0.4) is 0 Å². The van der Waals surface area contributed by atoms with Crippen molar-refractivity contribution in [2.45, 2.75) is 12.8 Å². The highest BCUT2D eigenvalue weighted by atomic mass is 16.4. The van der Waals surface area contributed by atoms with E-state index in [0.717, 1.165) is 25.9 Å². The summed E-state index contributed by atoms with van der Waals surface area (Å²) in [7, 11) is 0. The summed E-state index contributed by atoms with van der Waals surface area (Å²) in [6, 6.07) is 0. The molecule has 5 nitrogen and oxygen atoms in total. The van der Waals surface area contributed by atoms with Crippen LogP contribution in [-0.2, 0) is 0 Å². The number of carbonyl (C=O) groups excluding carboxylic acids is 1. The Kier molecular flexibility index (Phi) is 1.77. The molecule has 0 bridgehead atoms. The van der Waals surface area contributed by atoms with E-state index >= 15 is 0 Å². The molecule has 1 amide bonds. The molecule has 0 unspecified atom stereocenters. The molecule has 1 aromatic heterocycles. The number of rotatable bonds is 1. The molecular weight excluding hydrogens is 158 g/mol. The number of aromatic nitrogens is 2. The molecule has 1 aromatic rings. The average Bonchev–Trinajstić information content (AvgIpc) is 2.77. The first-order chi connectivity index (χ1) is 5.88. The molecule has 64 valence electrons. The van der Waals surface area contributed by atoms with E-state index in [2.05, 4.69) is 10.2 Å². The van der Waals surface area contributed by atoms with Gasteiger partial charge in [0.15, 0.2) is 0 Å². The second-order valence-corrected chi connectivity index (χ2v) is 2.74. The molecule has 0 N–H and O–H groups in total. The summed E-state index contributed by atoms with van der Waals surface area (Å²) in [6.07, 6.45) is 3.31. The molecule has 1 aliphatic rings. The lowest BCUT2D eigenvalue weighted by Gasteiger charge is -2.10. The molecule has 0 atom stereocenters. The van der Waals surface area contributed by atoms with Gasteiger partial charge in [-0.3, -0.25) is 4.79 Å². The topological polar surface area (TPSA) is 59.2 Å².